The number of hydrogen-bond donors (Lipinski definition) is 2. The molecule has 1 unspecified atom stereocenters. The second-order valence-electron chi connectivity index (χ2n) is 5.29. The average Bonchev–Trinajstić information content (AvgIpc) is 2.48. The monoisotopic (exact) mass is 276 g/mol. The third kappa shape index (κ3) is 3.29. The third-order valence-electron chi connectivity index (χ3n) is 3.65. The van der Waals surface area contributed by atoms with Crippen LogP contribution in [-0.4, -0.2) is 31.8 Å². The summed E-state index contributed by atoms with van der Waals surface area (Å²) in [7, 11) is 0. The summed E-state index contributed by atoms with van der Waals surface area (Å²) >= 11 is 0. The van der Waals surface area contributed by atoms with Gasteiger partial charge in [0.15, 0.2) is 6.61 Å². The molecule has 1 atom stereocenters. The first-order valence-electron chi connectivity index (χ1n) is 7.19. The van der Waals surface area contributed by atoms with Gasteiger partial charge in [-0.1, -0.05) is 6.07 Å². The average molecular weight is 276 g/mol. The molecule has 2 N–H and O–H groups in total. The molecule has 1 saturated heterocycles. The lowest BCUT2D eigenvalue weighted by atomic mass is 10.1. The Morgan fingerprint density at radius 2 is 2.30 bits per heavy atom. The van der Waals surface area contributed by atoms with E-state index in [4.69, 9.17) is 9.47 Å². The normalized spacial score (nSPS) is 21.8. The second kappa shape index (κ2) is 6.24. The summed E-state index contributed by atoms with van der Waals surface area (Å²) in [4.78, 5) is 11.3. The van der Waals surface area contributed by atoms with Crippen LogP contribution in [0.2, 0.25) is 0 Å². The van der Waals surface area contributed by atoms with Gasteiger partial charge < -0.3 is 20.1 Å². The molecule has 1 fully saturated rings. The van der Waals surface area contributed by atoms with Crippen molar-refractivity contribution < 1.29 is 14.3 Å². The Kier molecular flexibility index (Phi) is 4.18. The predicted octanol–water partition coefficient (Wildman–Crippen LogP) is 1.68. The summed E-state index contributed by atoms with van der Waals surface area (Å²) in [6.07, 6.45) is 3.92. The van der Waals surface area contributed by atoms with Crippen molar-refractivity contribution in [2.45, 2.75) is 31.9 Å². The first-order chi connectivity index (χ1) is 9.81. The van der Waals surface area contributed by atoms with Gasteiger partial charge in [0, 0.05) is 19.7 Å². The van der Waals surface area contributed by atoms with Crippen LogP contribution in [0.15, 0.2) is 18.2 Å². The van der Waals surface area contributed by atoms with Crippen LogP contribution >= 0.6 is 0 Å². The van der Waals surface area contributed by atoms with Gasteiger partial charge >= 0.3 is 0 Å². The van der Waals surface area contributed by atoms with Gasteiger partial charge in [0.2, 0.25) is 0 Å². The molecule has 20 heavy (non-hydrogen) atoms. The second-order valence-corrected chi connectivity index (χ2v) is 5.29. The summed E-state index contributed by atoms with van der Waals surface area (Å²) in [5.74, 6) is 0.641. The molecule has 5 nitrogen and oxygen atoms in total. The number of anilines is 1. The first kappa shape index (κ1) is 13.4. The summed E-state index contributed by atoms with van der Waals surface area (Å²) in [5.41, 5.74) is 1.89. The molecule has 0 aromatic heterocycles. The lowest BCUT2D eigenvalue weighted by Gasteiger charge is -2.23. The van der Waals surface area contributed by atoms with Gasteiger partial charge in [-0.3, -0.25) is 4.79 Å². The Balaban J connectivity index is 1.52. The number of hydrogen-bond acceptors (Lipinski definition) is 4. The number of carbonyl (C=O) groups is 1. The van der Waals surface area contributed by atoms with Gasteiger partial charge in [0.05, 0.1) is 11.8 Å². The van der Waals surface area contributed by atoms with Gasteiger partial charge in [-0.2, -0.15) is 0 Å². The molecule has 2 aliphatic heterocycles. The van der Waals surface area contributed by atoms with E-state index in [1.807, 2.05) is 18.2 Å². The number of rotatable bonds is 4. The smallest absolute Gasteiger partial charge is 0.262 e. The van der Waals surface area contributed by atoms with E-state index in [9.17, 15) is 4.79 Å². The topological polar surface area (TPSA) is 59.6 Å². The molecule has 0 spiro atoms. The highest BCUT2D eigenvalue weighted by Gasteiger charge is 2.16. The highest BCUT2D eigenvalue weighted by atomic mass is 16.5. The molecule has 0 saturated carbocycles. The van der Waals surface area contributed by atoms with Crippen molar-refractivity contribution >= 4 is 11.6 Å². The van der Waals surface area contributed by atoms with Crippen LogP contribution in [0.1, 0.15) is 24.8 Å². The molecule has 1 aromatic carbocycles. The predicted molar refractivity (Wildman–Crippen MR) is 75.9 cm³/mol. The Bertz CT molecular complexity index is 484. The highest BCUT2D eigenvalue weighted by Crippen LogP contribution is 2.28. The van der Waals surface area contributed by atoms with Crippen molar-refractivity contribution in [3.63, 3.8) is 0 Å². The molecule has 108 valence electrons. The molecule has 1 amide bonds. The van der Waals surface area contributed by atoms with Crippen molar-refractivity contribution in [1.82, 2.24) is 5.32 Å². The largest absolute Gasteiger partial charge is 0.482 e. The van der Waals surface area contributed by atoms with Crippen molar-refractivity contribution in [3.05, 3.63) is 23.8 Å². The van der Waals surface area contributed by atoms with Crippen LogP contribution in [-0.2, 0) is 16.1 Å². The van der Waals surface area contributed by atoms with E-state index in [1.165, 1.54) is 12.8 Å². The Morgan fingerprint density at radius 3 is 3.15 bits per heavy atom. The van der Waals surface area contributed by atoms with Crippen LogP contribution in [0, 0.1) is 0 Å². The van der Waals surface area contributed by atoms with E-state index < -0.39 is 0 Å². The van der Waals surface area contributed by atoms with Crippen molar-refractivity contribution in [2.24, 2.45) is 0 Å². The van der Waals surface area contributed by atoms with E-state index in [-0.39, 0.29) is 12.5 Å². The molecule has 0 bridgehead atoms. The standard InChI is InChI=1S/C15H20N2O3/c18-15-10-20-14-5-4-11(7-13(14)17-15)8-16-9-12-3-1-2-6-19-12/h4-5,7,12,16H,1-3,6,8-10H2,(H,17,18). The lowest BCUT2D eigenvalue weighted by molar-refractivity contribution is -0.118. The Hall–Kier alpha value is -1.59. The maximum Gasteiger partial charge on any atom is 0.262 e. The minimum atomic E-state index is -0.0989. The fourth-order valence-electron chi connectivity index (χ4n) is 2.59. The zero-order valence-corrected chi connectivity index (χ0v) is 11.5. The minimum Gasteiger partial charge on any atom is -0.482 e. The summed E-state index contributed by atoms with van der Waals surface area (Å²) in [6, 6.07) is 5.88. The summed E-state index contributed by atoms with van der Waals surface area (Å²) in [5, 5.41) is 6.23. The number of carbonyl (C=O) groups excluding carboxylic acids is 1. The van der Waals surface area contributed by atoms with Gasteiger partial charge in [0.1, 0.15) is 5.75 Å². The van der Waals surface area contributed by atoms with Crippen molar-refractivity contribution in [2.75, 3.05) is 25.1 Å². The van der Waals surface area contributed by atoms with E-state index in [0.29, 0.717) is 6.10 Å². The van der Waals surface area contributed by atoms with Crippen LogP contribution in [0.5, 0.6) is 5.75 Å². The quantitative estimate of drug-likeness (QED) is 0.878. The Morgan fingerprint density at radius 1 is 1.35 bits per heavy atom. The molecule has 3 rings (SSSR count). The zero-order valence-electron chi connectivity index (χ0n) is 11.5. The first-order valence-corrected chi connectivity index (χ1v) is 7.19. The van der Waals surface area contributed by atoms with Crippen LogP contribution < -0.4 is 15.4 Å². The minimum absolute atomic E-state index is 0.0989. The maximum absolute atomic E-state index is 11.3. The number of benzene rings is 1. The SMILES string of the molecule is O=C1COc2ccc(CNCC3CCCCO3)cc2N1. The Labute approximate surface area is 118 Å². The molecule has 0 radical (unpaired) electrons. The van der Waals surface area contributed by atoms with E-state index >= 15 is 0 Å². The highest BCUT2D eigenvalue weighted by molar-refractivity contribution is 5.95. The number of amides is 1. The van der Waals surface area contributed by atoms with Crippen LogP contribution in [0.25, 0.3) is 0 Å². The molecule has 0 aliphatic carbocycles. The number of nitrogens with one attached hydrogen (secondary N) is 2. The fourth-order valence-corrected chi connectivity index (χ4v) is 2.59. The van der Waals surface area contributed by atoms with Crippen molar-refractivity contribution in [3.8, 4) is 5.75 Å². The number of fused-ring (bicyclic) bond motifs is 1. The zero-order chi connectivity index (χ0) is 13.8. The summed E-state index contributed by atoms with van der Waals surface area (Å²) < 4.78 is 11.0. The fraction of sp³-hybridized carbons (Fsp3) is 0.533. The van der Waals surface area contributed by atoms with Crippen molar-refractivity contribution in [1.29, 1.82) is 0 Å². The summed E-state index contributed by atoms with van der Waals surface area (Å²) in [6.45, 7) is 2.63. The van der Waals surface area contributed by atoms with Gasteiger partial charge in [-0.25, -0.2) is 0 Å². The van der Waals surface area contributed by atoms with E-state index in [1.54, 1.807) is 0 Å². The lowest BCUT2D eigenvalue weighted by Crippen LogP contribution is -2.31. The molecule has 5 heteroatoms. The van der Waals surface area contributed by atoms with Gasteiger partial charge in [-0.05, 0) is 37.0 Å². The molecule has 1 aromatic rings. The van der Waals surface area contributed by atoms with Crippen LogP contribution in [0.4, 0.5) is 5.69 Å². The molecular formula is C15H20N2O3. The molecular weight excluding hydrogens is 256 g/mol. The van der Waals surface area contributed by atoms with Gasteiger partial charge in [0.25, 0.3) is 5.91 Å². The molecule has 2 aliphatic rings. The van der Waals surface area contributed by atoms with E-state index in [2.05, 4.69) is 10.6 Å². The number of ether oxygens (including phenoxy) is 2. The third-order valence-corrected chi connectivity index (χ3v) is 3.65. The van der Waals surface area contributed by atoms with Gasteiger partial charge in [-0.15, -0.1) is 0 Å². The van der Waals surface area contributed by atoms with Crippen LogP contribution in [0.3, 0.4) is 0 Å². The molecule has 2 heterocycles. The maximum atomic E-state index is 11.3. The van der Waals surface area contributed by atoms with E-state index in [0.717, 1.165) is 43.1 Å².